The number of ether oxygens (including phenoxy) is 1. The second kappa shape index (κ2) is 2.87. The first-order chi connectivity index (χ1) is 6.68. The molecule has 2 aromatic rings. The van der Waals surface area contributed by atoms with Crippen molar-refractivity contribution in [1.82, 2.24) is 15.2 Å². The first-order valence-corrected chi connectivity index (χ1v) is 3.69. The number of carbonyl (C=O) groups excluding carboxylic acids is 1. The van der Waals surface area contributed by atoms with Crippen LogP contribution in [0.3, 0.4) is 0 Å². The molecule has 1 aromatic heterocycles. The highest BCUT2D eigenvalue weighted by Crippen LogP contribution is 2.22. The summed E-state index contributed by atoms with van der Waals surface area (Å²) in [6.07, 6.45) is -0.940. The van der Waals surface area contributed by atoms with Crippen molar-refractivity contribution in [3.05, 3.63) is 18.2 Å². The molecule has 72 valence electrons. The molecule has 0 radical (unpaired) electrons. The van der Waals surface area contributed by atoms with Crippen LogP contribution >= 0.6 is 0 Å². The number of hydrogen-bond donors (Lipinski definition) is 2. The van der Waals surface area contributed by atoms with E-state index in [4.69, 9.17) is 10.9 Å². The lowest BCUT2D eigenvalue weighted by atomic mass is 10.3. The third-order valence-electron chi connectivity index (χ3n) is 1.63. The molecule has 0 fully saturated rings. The fourth-order valence-corrected chi connectivity index (χ4v) is 1.10. The molecular formula is C7H6N4O3. The van der Waals surface area contributed by atoms with Gasteiger partial charge in [0.2, 0.25) is 0 Å². The molecule has 0 spiro atoms. The quantitative estimate of drug-likeness (QED) is 0.628. The molecule has 1 aromatic carbocycles. The van der Waals surface area contributed by atoms with Crippen molar-refractivity contribution in [1.29, 1.82) is 0 Å². The minimum atomic E-state index is -0.940. The highest BCUT2D eigenvalue weighted by atomic mass is 16.5. The fourth-order valence-electron chi connectivity index (χ4n) is 1.10. The van der Waals surface area contributed by atoms with Crippen molar-refractivity contribution in [3.8, 4) is 5.75 Å². The Kier molecular flexibility index (Phi) is 1.70. The van der Waals surface area contributed by atoms with Gasteiger partial charge in [-0.25, -0.2) is 4.79 Å². The predicted molar refractivity (Wildman–Crippen MR) is 44.9 cm³/mol. The molecule has 0 aliphatic rings. The van der Waals surface area contributed by atoms with Crippen LogP contribution in [-0.2, 0) is 0 Å². The van der Waals surface area contributed by atoms with Crippen LogP contribution in [0.1, 0.15) is 0 Å². The molecule has 7 nitrogen and oxygen atoms in total. The Morgan fingerprint density at radius 2 is 2.36 bits per heavy atom. The number of fused-ring (bicyclic) bond motifs is 1. The van der Waals surface area contributed by atoms with Gasteiger partial charge in [0, 0.05) is 0 Å². The van der Waals surface area contributed by atoms with Crippen molar-refractivity contribution < 1.29 is 14.7 Å². The number of amides is 1. The van der Waals surface area contributed by atoms with E-state index in [2.05, 4.69) is 15.0 Å². The largest absolute Gasteiger partial charge is 0.410 e. The van der Waals surface area contributed by atoms with Crippen LogP contribution < -0.4 is 10.5 Å². The average Bonchev–Trinajstić information content (AvgIpc) is 2.49. The molecule has 0 saturated carbocycles. The smallest absolute Gasteiger partial charge is 0.410 e. The first-order valence-electron chi connectivity index (χ1n) is 3.69. The van der Waals surface area contributed by atoms with Gasteiger partial charge >= 0.3 is 6.09 Å². The third-order valence-corrected chi connectivity index (χ3v) is 1.63. The van der Waals surface area contributed by atoms with Crippen molar-refractivity contribution in [3.63, 3.8) is 0 Å². The minimum absolute atomic E-state index is 0.162. The molecule has 1 heterocycles. The van der Waals surface area contributed by atoms with E-state index in [1.54, 1.807) is 12.1 Å². The maximum atomic E-state index is 10.5. The summed E-state index contributed by atoms with van der Waals surface area (Å²) in [6.45, 7) is 0. The lowest BCUT2D eigenvalue weighted by Gasteiger charge is -1.99. The summed E-state index contributed by atoms with van der Waals surface area (Å²) >= 11 is 0. The molecule has 0 atom stereocenters. The summed E-state index contributed by atoms with van der Waals surface area (Å²) < 4.78 is 4.65. The Labute approximate surface area is 77.6 Å². The van der Waals surface area contributed by atoms with E-state index in [9.17, 15) is 4.79 Å². The molecule has 0 bridgehead atoms. The van der Waals surface area contributed by atoms with Gasteiger partial charge in [-0.15, -0.1) is 5.10 Å². The summed E-state index contributed by atoms with van der Waals surface area (Å²) in [5.74, 6) is 0.162. The Balaban J connectivity index is 2.59. The normalized spacial score (nSPS) is 10.3. The first kappa shape index (κ1) is 8.30. The monoisotopic (exact) mass is 194 g/mol. The molecule has 0 aliphatic carbocycles. The van der Waals surface area contributed by atoms with E-state index in [1.165, 1.54) is 6.07 Å². The topological polar surface area (TPSA) is 103 Å². The van der Waals surface area contributed by atoms with Crippen LogP contribution in [0.25, 0.3) is 11.0 Å². The molecule has 0 unspecified atom stereocenters. The van der Waals surface area contributed by atoms with Crippen LogP contribution in [0.5, 0.6) is 5.75 Å². The van der Waals surface area contributed by atoms with Crippen molar-refractivity contribution >= 4 is 17.1 Å². The van der Waals surface area contributed by atoms with E-state index in [-0.39, 0.29) is 11.3 Å². The minimum Gasteiger partial charge on any atom is -0.410 e. The van der Waals surface area contributed by atoms with Crippen LogP contribution in [0.4, 0.5) is 4.79 Å². The number of primary amides is 1. The van der Waals surface area contributed by atoms with Gasteiger partial charge in [0.25, 0.3) is 0 Å². The highest BCUT2D eigenvalue weighted by Gasteiger charge is 2.10. The lowest BCUT2D eigenvalue weighted by molar-refractivity contribution is 0.154. The number of benzene rings is 1. The van der Waals surface area contributed by atoms with Gasteiger partial charge in [0.1, 0.15) is 5.52 Å². The maximum absolute atomic E-state index is 10.5. The third kappa shape index (κ3) is 1.20. The number of nitrogens with zero attached hydrogens (tertiary/aromatic N) is 3. The van der Waals surface area contributed by atoms with E-state index in [1.807, 2.05) is 0 Å². The Hall–Kier alpha value is -2.31. The van der Waals surface area contributed by atoms with Crippen LogP contribution in [0, 0.1) is 0 Å². The van der Waals surface area contributed by atoms with E-state index < -0.39 is 6.09 Å². The van der Waals surface area contributed by atoms with Gasteiger partial charge in [-0.05, 0) is 17.3 Å². The standard InChI is InChI=1S/C7H6N4O3/c8-7(12)14-5-3-1-2-4-6(5)9-10-11(4)13/h1-3,13H,(H2,8,12). The second-order valence-electron chi connectivity index (χ2n) is 2.52. The lowest BCUT2D eigenvalue weighted by Crippen LogP contribution is -2.16. The number of hydrogen-bond acceptors (Lipinski definition) is 5. The molecule has 1 amide bonds. The van der Waals surface area contributed by atoms with Crippen LogP contribution in [0.15, 0.2) is 18.2 Å². The van der Waals surface area contributed by atoms with Gasteiger partial charge in [-0.2, -0.15) is 0 Å². The number of aromatic nitrogens is 3. The van der Waals surface area contributed by atoms with Gasteiger partial charge in [0.15, 0.2) is 11.3 Å². The molecule has 14 heavy (non-hydrogen) atoms. The molecule has 0 aliphatic heterocycles. The number of carbonyl (C=O) groups is 1. The van der Waals surface area contributed by atoms with Crippen molar-refractivity contribution in [2.45, 2.75) is 0 Å². The zero-order valence-corrected chi connectivity index (χ0v) is 6.91. The molecular weight excluding hydrogens is 188 g/mol. The van der Waals surface area contributed by atoms with Gasteiger partial charge in [-0.3, -0.25) is 0 Å². The molecule has 7 heteroatoms. The summed E-state index contributed by atoms with van der Waals surface area (Å²) in [4.78, 5) is 11.1. The average molecular weight is 194 g/mol. The van der Waals surface area contributed by atoms with Crippen molar-refractivity contribution in [2.75, 3.05) is 0 Å². The fraction of sp³-hybridized carbons (Fsp3) is 0. The number of nitrogens with two attached hydrogens (primary N) is 1. The summed E-state index contributed by atoms with van der Waals surface area (Å²) in [5.41, 5.74) is 5.45. The highest BCUT2D eigenvalue weighted by molar-refractivity contribution is 5.83. The SMILES string of the molecule is NC(=O)Oc1cccc2c1nnn2O. The Bertz CT molecular complexity index is 493. The van der Waals surface area contributed by atoms with E-state index in [0.29, 0.717) is 10.4 Å². The summed E-state index contributed by atoms with van der Waals surface area (Å²) in [7, 11) is 0. The van der Waals surface area contributed by atoms with Crippen LogP contribution in [-0.4, -0.2) is 26.5 Å². The van der Waals surface area contributed by atoms with Gasteiger partial charge in [0.05, 0.1) is 0 Å². The van der Waals surface area contributed by atoms with E-state index >= 15 is 0 Å². The van der Waals surface area contributed by atoms with E-state index in [0.717, 1.165) is 0 Å². The summed E-state index contributed by atoms with van der Waals surface area (Å²) in [6, 6.07) is 4.65. The zero-order valence-electron chi connectivity index (χ0n) is 6.91. The predicted octanol–water partition coefficient (Wildman–Crippen LogP) is 0.126. The van der Waals surface area contributed by atoms with Crippen molar-refractivity contribution in [2.24, 2.45) is 5.73 Å². The second-order valence-corrected chi connectivity index (χ2v) is 2.52. The molecule has 2 rings (SSSR count). The zero-order chi connectivity index (χ0) is 10.1. The Morgan fingerprint density at radius 3 is 3.07 bits per heavy atom. The maximum Gasteiger partial charge on any atom is 0.410 e. The van der Waals surface area contributed by atoms with Gasteiger partial charge in [-0.1, -0.05) is 10.9 Å². The van der Waals surface area contributed by atoms with Gasteiger partial charge < -0.3 is 15.7 Å². The molecule has 0 saturated heterocycles. The molecule has 3 N–H and O–H groups in total. The Morgan fingerprint density at radius 1 is 1.57 bits per heavy atom. The number of rotatable bonds is 1. The summed E-state index contributed by atoms with van der Waals surface area (Å²) in [5, 5.41) is 16.1. The van der Waals surface area contributed by atoms with Crippen LogP contribution in [0.2, 0.25) is 0 Å².